The average molecular weight is 391 g/mol. The Hall–Kier alpha value is -3.03. The first-order valence-corrected chi connectivity index (χ1v) is 8.65. The van der Waals surface area contributed by atoms with Gasteiger partial charge in [0.1, 0.15) is 11.6 Å². The standard InChI is InChI=1S/C20H20F3N3O2/c1-11(2)15-10-13(6-9-16(15)21)20(17(27)26(3)19(24)25-20)12-4-7-14(8-5-12)28-18(22)23/h4-11,18H,1-3H3,(H2,24,25). The van der Waals surface area contributed by atoms with Crippen molar-refractivity contribution in [2.75, 3.05) is 7.05 Å². The van der Waals surface area contributed by atoms with Gasteiger partial charge in [-0.05, 0) is 46.9 Å². The number of hydrogen-bond acceptors (Lipinski definition) is 4. The number of ether oxygens (including phenoxy) is 1. The Kier molecular flexibility index (Phi) is 5.06. The molecule has 2 N–H and O–H groups in total. The molecule has 0 bridgehead atoms. The van der Waals surface area contributed by atoms with Crippen LogP contribution in [0.3, 0.4) is 0 Å². The van der Waals surface area contributed by atoms with Crippen molar-refractivity contribution in [2.45, 2.75) is 31.9 Å². The van der Waals surface area contributed by atoms with Gasteiger partial charge in [-0.3, -0.25) is 9.69 Å². The van der Waals surface area contributed by atoms with Crippen molar-refractivity contribution < 1.29 is 22.7 Å². The lowest BCUT2D eigenvalue weighted by Crippen LogP contribution is -2.41. The summed E-state index contributed by atoms with van der Waals surface area (Å²) >= 11 is 0. The molecule has 2 aromatic rings. The van der Waals surface area contributed by atoms with Crippen LogP contribution >= 0.6 is 0 Å². The zero-order chi connectivity index (χ0) is 20.6. The van der Waals surface area contributed by atoms with Crippen molar-refractivity contribution in [3.63, 3.8) is 0 Å². The van der Waals surface area contributed by atoms with E-state index in [9.17, 15) is 18.0 Å². The first kappa shape index (κ1) is 19.7. The molecule has 1 aliphatic rings. The van der Waals surface area contributed by atoms with Gasteiger partial charge in [0.2, 0.25) is 0 Å². The number of hydrogen-bond donors (Lipinski definition) is 1. The smallest absolute Gasteiger partial charge is 0.387 e. The van der Waals surface area contributed by atoms with E-state index in [0.29, 0.717) is 16.7 Å². The van der Waals surface area contributed by atoms with Crippen LogP contribution in [0.15, 0.2) is 47.5 Å². The molecule has 1 unspecified atom stereocenters. The van der Waals surface area contributed by atoms with Crippen LogP contribution in [0, 0.1) is 5.82 Å². The van der Waals surface area contributed by atoms with Crippen molar-refractivity contribution in [2.24, 2.45) is 10.7 Å². The maximum absolute atomic E-state index is 14.2. The van der Waals surface area contributed by atoms with Gasteiger partial charge in [0.05, 0.1) is 0 Å². The number of carbonyl (C=O) groups excluding carboxylic acids is 1. The number of aliphatic imine (C=N–C) groups is 1. The first-order chi connectivity index (χ1) is 13.2. The summed E-state index contributed by atoms with van der Waals surface area (Å²) in [5, 5.41) is 0. The monoisotopic (exact) mass is 391 g/mol. The van der Waals surface area contributed by atoms with Gasteiger partial charge in [0.15, 0.2) is 11.5 Å². The zero-order valence-corrected chi connectivity index (χ0v) is 15.6. The number of halogens is 3. The van der Waals surface area contributed by atoms with Crippen LogP contribution in [0.2, 0.25) is 0 Å². The topological polar surface area (TPSA) is 67.9 Å². The molecule has 148 valence electrons. The van der Waals surface area contributed by atoms with Gasteiger partial charge in [0, 0.05) is 7.05 Å². The lowest BCUT2D eigenvalue weighted by atomic mass is 9.81. The quantitative estimate of drug-likeness (QED) is 0.847. The van der Waals surface area contributed by atoms with Crippen molar-refractivity contribution in [1.82, 2.24) is 4.90 Å². The SMILES string of the molecule is CC(C)c1cc(C2(c3ccc(OC(F)F)cc3)N=C(N)N(C)C2=O)ccc1F. The largest absolute Gasteiger partial charge is 0.435 e. The second-order valence-corrected chi connectivity index (χ2v) is 6.84. The molecule has 0 aliphatic carbocycles. The molecule has 5 nitrogen and oxygen atoms in total. The van der Waals surface area contributed by atoms with Crippen LogP contribution in [0.5, 0.6) is 5.75 Å². The third-order valence-electron chi connectivity index (χ3n) is 4.77. The summed E-state index contributed by atoms with van der Waals surface area (Å²) in [6, 6.07) is 9.98. The van der Waals surface area contributed by atoms with Gasteiger partial charge in [-0.15, -0.1) is 0 Å². The molecule has 0 spiro atoms. The van der Waals surface area contributed by atoms with Crippen LogP contribution in [-0.2, 0) is 10.3 Å². The predicted molar refractivity (Wildman–Crippen MR) is 98.7 cm³/mol. The summed E-state index contributed by atoms with van der Waals surface area (Å²) in [4.78, 5) is 18.8. The molecule has 0 aromatic heterocycles. The van der Waals surface area contributed by atoms with E-state index in [0.717, 1.165) is 0 Å². The Morgan fingerprint density at radius 1 is 1.11 bits per heavy atom. The predicted octanol–water partition coefficient (Wildman–Crippen LogP) is 3.58. The maximum atomic E-state index is 14.2. The van der Waals surface area contributed by atoms with Crippen molar-refractivity contribution in [1.29, 1.82) is 0 Å². The Bertz CT molecular complexity index is 929. The number of guanidine groups is 1. The fourth-order valence-corrected chi connectivity index (χ4v) is 3.27. The van der Waals surface area contributed by atoms with E-state index < -0.39 is 18.1 Å². The maximum Gasteiger partial charge on any atom is 0.387 e. The van der Waals surface area contributed by atoms with Crippen LogP contribution in [0.1, 0.15) is 36.5 Å². The molecule has 1 heterocycles. The van der Waals surface area contributed by atoms with Crippen LogP contribution in [0.25, 0.3) is 0 Å². The van der Waals surface area contributed by atoms with E-state index in [1.54, 1.807) is 6.07 Å². The Labute approximate surface area is 160 Å². The summed E-state index contributed by atoms with van der Waals surface area (Å²) in [6.45, 7) is 0.718. The minimum Gasteiger partial charge on any atom is -0.435 e. The average Bonchev–Trinajstić information content (AvgIpc) is 2.87. The van der Waals surface area contributed by atoms with Gasteiger partial charge in [0.25, 0.3) is 5.91 Å². The van der Waals surface area contributed by atoms with Crippen LogP contribution < -0.4 is 10.5 Å². The first-order valence-electron chi connectivity index (χ1n) is 8.65. The number of likely N-dealkylation sites (N-methyl/N-ethyl adjacent to an activating group) is 1. The van der Waals surface area contributed by atoms with Crippen LogP contribution in [-0.4, -0.2) is 30.4 Å². The highest BCUT2D eigenvalue weighted by Gasteiger charge is 2.49. The summed E-state index contributed by atoms with van der Waals surface area (Å²) in [6.07, 6.45) is 0. The highest BCUT2D eigenvalue weighted by molar-refractivity contribution is 6.08. The normalized spacial score (nSPS) is 19.5. The lowest BCUT2D eigenvalue weighted by Gasteiger charge is -2.27. The Morgan fingerprint density at radius 3 is 2.21 bits per heavy atom. The summed E-state index contributed by atoms with van der Waals surface area (Å²) in [5.74, 6) is -0.964. The van der Waals surface area contributed by atoms with Crippen molar-refractivity contribution in [3.05, 3.63) is 65.0 Å². The molecular weight excluding hydrogens is 371 g/mol. The molecule has 1 atom stereocenters. The third-order valence-corrected chi connectivity index (χ3v) is 4.77. The number of amides is 1. The van der Waals surface area contributed by atoms with Gasteiger partial charge < -0.3 is 10.5 Å². The van der Waals surface area contributed by atoms with E-state index in [1.165, 1.54) is 48.3 Å². The third kappa shape index (κ3) is 3.19. The fourth-order valence-electron chi connectivity index (χ4n) is 3.27. The Morgan fingerprint density at radius 2 is 1.71 bits per heavy atom. The summed E-state index contributed by atoms with van der Waals surface area (Å²) in [7, 11) is 1.49. The number of rotatable bonds is 5. The number of nitrogens with two attached hydrogens (primary N) is 1. The molecule has 1 aliphatic heterocycles. The number of nitrogens with zero attached hydrogens (tertiary/aromatic N) is 2. The van der Waals surface area contributed by atoms with Gasteiger partial charge in [-0.1, -0.05) is 32.0 Å². The van der Waals surface area contributed by atoms with Crippen LogP contribution in [0.4, 0.5) is 13.2 Å². The molecule has 0 saturated heterocycles. The van der Waals surface area contributed by atoms with Gasteiger partial charge >= 0.3 is 6.61 Å². The number of carbonyl (C=O) groups is 1. The molecular formula is C20H20F3N3O2. The molecule has 3 rings (SSSR count). The molecule has 28 heavy (non-hydrogen) atoms. The van der Waals surface area contributed by atoms with E-state index in [1.807, 2.05) is 13.8 Å². The lowest BCUT2D eigenvalue weighted by molar-refractivity contribution is -0.129. The highest BCUT2D eigenvalue weighted by Crippen LogP contribution is 2.41. The summed E-state index contributed by atoms with van der Waals surface area (Å²) in [5.41, 5.74) is 5.66. The second kappa shape index (κ2) is 7.18. The molecule has 0 radical (unpaired) electrons. The molecule has 0 saturated carbocycles. The molecule has 2 aromatic carbocycles. The van der Waals surface area contributed by atoms with E-state index in [2.05, 4.69) is 9.73 Å². The fraction of sp³-hybridized carbons (Fsp3) is 0.300. The summed E-state index contributed by atoms with van der Waals surface area (Å²) < 4.78 is 43.4. The van der Waals surface area contributed by atoms with Crippen molar-refractivity contribution >= 4 is 11.9 Å². The van der Waals surface area contributed by atoms with E-state index in [4.69, 9.17) is 5.73 Å². The minimum atomic E-state index is -2.96. The van der Waals surface area contributed by atoms with Gasteiger partial charge in [-0.2, -0.15) is 8.78 Å². The molecule has 1 amide bonds. The second-order valence-electron chi connectivity index (χ2n) is 6.84. The minimum absolute atomic E-state index is 0.00771. The molecule has 8 heteroatoms. The van der Waals surface area contributed by atoms with Crippen molar-refractivity contribution in [3.8, 4) is 5.75 Å². The van der Waals surface area contributed by atoms with Gasteiger partial charge in [-0.25, -0.2) is 9.38 Å². The molecule has 0 fully saturated rings. The Balaban J connectivity index is 2.19. The van der Waals surface area contributed by atoms with E-state index >= 15 is 0 Å². The number of alkyl halides is 2. The zero-order valence-electron chi connectivity index (χ0n) is 15.6. The number of benzene rings is 2. The highest BCUT2D eigenvalue weighted by atomic mass is 19.3. The van der Waals surface area contributed by atoms with E-state index in [-0.39, 0.29) is 23.4 Å².